The number of nitrogens with two attached hydrogens (primary N) is 3. The zero-order chi connectivity index (χ0) is 20.8. The Kier molecular flexibility index (Phi) is 13.3. The second-order valence-corrected chi connectivity index (χ2v) is 6.68. The van der Waals surface area contributed by atoms with E-state index in [0.717, 1.165) is 19.3 Å². The molecule has 156 valence electrons. The molecule has 1 aliphatic rings. The summed E-state index contributed by atoms with van der Waals surface area (Å²) in [5.41, 5.74) is 16.2. The summed E-state index contributed by atoms with van der Waals surface area (Å²) >= 11 is 0. The number of amides is 1. The number of carbonyl (C=O) groups is 2. The third kappa shape index (κ3) is 12.2. The van der Waals surface area contributed by atoms with Crippen LogP contribution in [0.3, 0.4) is 0 Å². The molecule has 0 aromatic rings. The minimum absolute atomic E-state index is 0.0101. The summed E-state index contributed by atoms with van der Waals surface area (Å²) in [4.78, 5) is 26.9. The molecule has 0 saturated heterocycles. The van der Waals surface area contributed by atoms with Crippen molar-refractivity contribution in [2.45, 2.75) is 57.8 Å². The normalized spacial score (nSPS) is 19.9. The molecular weight excluding hydrogens is 353 g/mol. The van der Waals surface area contributed by atoms with Gasteiger partial charge in [0.1, 0.15) is 0 Å². The number of hydrogen-bond donors (Lipinski definition) is 7. The summed E-state index contributed by atoms with van der Waals surface area (Å²) in [5.74, 6) is -1.38. The van der Waals surface area contributed by atoms with Gasteiger partial charge in [-0.2, -0.15) is 0 Å². The molecule has 3 atom stereocenters. The van der Waals surface area contributed by atoms with E-state index in [1.165, 1.54) is 0 Å². The summed E-state index contributed by atoms with van der Waals surface area (Å²) in [6.45, 7) is 2.51. The minimum atomic E-state index is -1.12. The van der Waals surface area contributed by atoms with E-state index in [2.05, 4.69) is 10.3 Å². The standard InChI is InChI=1S/C14H27N5O3.C2H7BO2/c15-11(6-3-7-18-14(16)17)12(20)19-8-9-4-1-2-5-10(9)13(21)22;1-2-3(4)5/h9-11H,1-8,15H2,(H,19,20)(H,21,22)(H4,16,17,18);4-5H,2H2,1H3. The van der Waals surface area contributed by atoms with Gasteiger partial charge >= 0.3 is 13.1 Å². The first-order valence-corrected chi connectivity index (χ1v) is 9.36. The number of hydrogen-bond acceptors (Lipinski definition) is 6. The molecule has 1 rings (SSSR count). The monoisotopic (exact) mass is 387 g/mol. The van der Waals surface area contributed by atoms with E-state index in [0.29, 0.717) is 38.7 Å². The third-order valence-electron chi connectivity index (χ3n) is 4.43. The lowest BCUT2D eigenvalue weighted by molar-refractivity contribution is -0.145. The predicted octanol–water partition coefficient (Wildman–Crippen LogP) is -1.15. The highest BCUT2D eigenvalue weighted by Crippen LogP contribution is 2.29. The number of carboxylic acid groups (broad SMARTS) is 1. The van der Waals surface area contributed by atoms with Gasteiger partial charge in [-0.15, -0.1) is 0 Å². The molecule has 10 N–H and O–H groups in total. The van der Waals surface area contributed by atoms with Crippen molar-refractivity contribution in [2.24, 2.45) is 34.0 Å². The summed E-state index contributed by atoms with van der Waals surface area (Å²) in [6.07, 6.45) is 4.97. The van der Waals surface area contributed by atoms with Crippen molar-refractivity contribution in [1.29, 1.82) is 0 Å². The van der Waals surface area contributed by atoms with Crippen molar-refractivity contribution in [1.82, 2.24) is 5.32 Å². The molecule has 0 radical (unpaired) electrons. The number of nitrogens with zero attached hydrogens (tertiary/aromatic N) is 1. The Morgan fingerprint density at radius 2 is 1.85 bits per heavy atom. The Hall–Kier alpha value is -1.85. The van der Waals surface area contributed by atoms with Crippen LogP contribution in [0.1, 0.15) is 45.4 Å². The van der Waals surface area contributed by atoms with Crippen LogP contribution in [0, 0.1) is 11.8 Å². The second-order valence-electron chi connectivity index (χ2n) is 6.68. The van der Waals surface area contributed by atoms with Crippen molar-refractivity contribution < 1.29 is 24.7 Å². The fraction of sp³-hybridized carbons (Fsp3) is 0.812. The summed E-state index contributed by atoms with van der Waals surface area (Å²) < 4.78 is 0. The summed E-state index contributed by atoms with van der Waals surface area (Å²) in [6, 6.07) is -0.624. The predicted molar refractivity (Wildman–Crippen MR) is 105 cm³/mol. The second kappa shape index (κ2) is 14.2. The first-order chi connectivity index (χ1) is 12.7. The average Bonchev–Trinajstić information content (AvgIpc) is 2.63. The van der Waals surface area contributed by atoms with Gasteiger partial charge in [-0.3, -0.25) is 14.6 Å². The first kappa shape index (κ1) is 25.2. The van der Waals surface area contributed by atoms with Crippen LogP contribution in [-0.2, 0) is 9.59 Å². The van der Waals surface area contributed by atoms with Crippen LogP contribution in [0.2, 0.25) is 6.32 Å². The summed E-state index contributed by atoms with van der Waals surface area (Å²) in [7, 11) is -1.12. The Balaban J connectivity index is 0.00000119. The molecule has 0 aromatic heterocycles. The van der Waals surface area contributed by atoms with Gasteiger partial charge in [-0.1, -0.05) is 19.8 Å². The van der Waals surface area contributed by atoms with Crippen LogP contribution in [0.5, 0.6) is 0 Å². The van der Waals surface area contributed by atoms with E-state index in [1.54, 1.807) is 6.92 Å². The van der Waals surface area contributed by atoms with Gasteiger partial charge in [0.25, 0.3) is 0 Å². The van der Waals surface area contributed by atoms with Crippen molar-refractivity contribution in [2.75, 3.05) is 13.1 Å². The first-order valence-electron chi connectivity index (χ1n) is 9.36. The Morgan fingerprint density at radius 3 is 2.37 bits per heavy atom. The quantitative estimate of drug-likeness (QED) is 0.111. The molecule has 0 aromatic carbocycles. The molecule has 1 aliphatic carbocycles. The van der Waals surface area contributed by atoms with Gasteiger partial charge in [0.05, 0.1) is 12.0 Å². The van der Waals surface area contributed by atoms with Crippen LogP contribution < -0.4 is 22.5 Å². The van der Waals surface area contributed by atoms with Crippen LogP contribution in [0.4, 0.5) is 0 Å². The van der Waals surface area contributed by atoms with Crippen molar-refractivity contribution >= 4 is 25.0 Å². The van der Waals surface area contributed by atoms with Crippen LogP contribution in [0.25, 0.3) is 0 Å². The molecule has 1 amide bonds. The highest BCUT2D eigenvalue weighted by Gasteiger charge is 2.31. The zero-order valence-electron chi connectivity index (χ0n) is 16.0. The van der Waals surface area contributed by atoms with E-state index in [9.17, 15) is 14.7 Å². The number of guanidine groups is 1. The fourth-order valence-corrected chi connectivity index (χ4v) is 2.79. The maximum Gasteiger partial charge on any atom is 0.451 e. The largest absolute Gasteiger partial charge is 0.481 e. The topological polar surface area (TPSA) is 197 Å². The number of carbonyl (C=O) groups excluding carboxylic acids is 1. The van der Waals surface area contributed by atoms with Gasteiger partial charge in [0, 0.05) is 13.1 Å². The molecule has 11 heteroatoms. The maximum atomic E-state index is 11.9. The van der Waals surface area contributed by atoms with Crippen molar-refractivity contribution in [3.8, 4) is 0 Å². The van der Waals surface area contributed by atoms with Gasteiger partial charge in [-0.05, 0) is 37.9 Å². The van der Waals surface area contributed by atoms with Crippen molar-refractivity contribution in [3.05, 3.63) is 0 Å². The molecule has 1 saturated carbocycles. The van der Waals surface area contributed by atoms with E-state index >= 15 is 0 Å². The molecule has 27 heavy (non-hydrogen) atoms. The SMILES string of the molecule is CCB(O)O.NC(N)=NCCCC(N)C(=O)NCC1CCCCC1C(=O)O. The number of rotatable bonds is 9. The Bertz CT molecular complexity index is 474. The molecule has 0 bridgehead atoms. The molecule has 0 heterocycles. The highest BCUT2D eigenvalue weighted by molar-refractivity contribution is 6.40. The lowest BCUT2D eigenvalue weighted by Gasteiger charge is -2.29. The molecule has 3 unspecified atom stereocenters. The Morgan fingerprint density at radius 1 is 1.26 bits per heavy atom. The van der Waals surface area contributed by atoms with Crippen LogP contribution >= 0.6 is 0 Å². The van der Waals surface area contributed by atoms with E-state index in [4.69, 9.17) is 27.2 Å². The van der Waals surface area contributed by atoms with E-state index < -0.39 is 19.1 Å². The minimum Gasteiger partial charge on any atom is -0.481 e. The fourth-order valence-electron chi connectivity index (χ4n) is 2.79. The van der Waals surface area contributed by atoms with Gasteiger partial charge < -0.3 is 37.7 Å². The maximum absolute atomic E-state index is 11.9. The number of aliphatic imine (C=N–C) groups is 1. The molecule has 0 spiro atoms. The van der Waals surface area contributed by atoms with Crippen molar-refractivity contribution in [3.63, 3.8) is 0 Å². The zero-order valence-corrected chi connectivity index (χ0v) is 16.0. The smallest absolute Gasteiger partial charge is 0.451 e. The van der Waals surface area contributed by atoms with Gasteiger partial charge in [-0.25, -0.2) is 0 Å². The van der Waals surface area contributed by atoms with E-state index in [-0.39, 0.29) is 23.7 Å². The van der Waals surface area contributed by atoms with Crippen LogP contribution in [-0.4, -0.2) is 59.2 Å². The highest BCUT2D eigenvalue weighted by atomic mass is 16.4. The van der Waals surface area contributed by atoms with Gasteiger partial charge in [0.2, 0.25) is 5.91 Å². The lowest BCUT2D eigenvalue weighted by Crippen LogP contribution is -2.44. The average molecular weight is 387 g/mol. The molecule has 10 nitrogen and oxygen atoms in total. The molecule has 0 aliphatic heterocycles. The number of carboxylic acids is 1. The molecule has 1 fully saturated rings. The Labute approximate surface area is 160 Å². The number of nitrogens with one attached hydrogen (secondary N) is 1. The number of aliphatic carboxylic acids is 1. The molecular formula is C16H34BN5O5. The van der Waals surface area contributed by atoms with E-state index in [1.807, 2.05) is 0 Å². The summed E-state index contributed by atoms with van der Waals surface area (Å²) in [5, 5.41) is 27.8. The lowest BCUT2D eigenvalue weighted by atomic mass is 9.79. The van der Waals surface area contributed by atoms with Crippen LogP contribution in [0.15, 0.2) is 4.99 Å². The van der Waals surface area contributed by atoms with Gasteiger partial charge in [0.15, 0.2) is 5.96 Å². The third-order valence-corrected chi connectivity index (χ3v) is 4.43.